The minimum Gasteiger partial charge on any atom is -0.377 e. The molecule has 0 radical (unpaired) electrons. The highest BCUT2D eigenvalue weighted by Crippen LogP contribution is 2.27. The zero-order valence-electron chi connectivity index (χ0n) is 10.4. The average Bonchev–Trinajstić information content (AvgIpc) is 2.77. The second kappa shape index (κ2) is 5.08. The fourth-order valence-electron chi connectivity index (χ4n) is 1.67. The van der Waals surface area contributed by atoms with Crippen LogP contribution in [0.4, 0.5) is 5.13 Å². The molecule has 1 aliphatic rings. The molecule has 1 fully saturated rings. The van der Waals surface area contributed by atoms with Crippen molar-refractivity contribution in [1.29, 1.82) is 0 Å². The molecule has 4 nitrogen and oxygen atoms in total. The van der Waals surface area contributed by atoms with Crippen molar-refractivity contribution in [2.24, 2.45) is 0 Å². The van der Waals surface area contributed by atoms with Crippen molar-refractivity contribution >= 4 is 28.3 Å². The van der Waals surface area contributed by atoms with Crippen molar-refractivity contribution in [1.82, 2.24) is 9.36 Å². The number of hydrogen-bond acceptors (Lipinski definition) is 5. The minimum atomic E-state index is -0.00248. The van der Waals surface area contributed by atoms with Gasteiger partial charge in [0.25, 0.3) is 0 Å². The molecule has 1 aromatic rings. The fraction of sp³-hybridized carbons (Fsp3) is 0.818. The quantitative estimate of drug-likeness (QED) is 0.776. The summed E-state index contributed by atoms with van der Waals surface area (Å²) in [4.78, 5) is 6.83. The lowest BCUT2D eigenvalue weighted by Gasteiger charge is -2.33. The predicted molar refractivity (Wildman–Crippen MR) is 71.3 cm³/mol. The van der Waals surface area contributed by atoms with E-state index in [0.29, 0.717) is 12.5 Å². The van der Waals surface area contributed by atoms with Gasteiger partial charge >= 0.3 is 0 Å². The molecule has 0 spiro atoms. The Labute approximate surface area is 111 Å². The van der Waals surface area contributed by atoms with E-state index < -0.39 is 0 Å². The molecule has 2 heterocycles. The highest BCUT2D eigenvalue weighted by molar-refractivity contribution is 7.09. The van der Waals surface area contributed by atoms with Gasteiger partial charge in [0.2, 0.25) is 5.13 Å². The first kappa shape index (κ1) is 13.1. The highest BCUT2D eigenvalue weighted by atomic mass is 35.5. The van der Waals surface area contributed by atoms with E-state index in [0.717, 1.165) is 24.1 Å². The molecule has 1 aromatic heterocycles. The molecule has 6 heteroatoms. The van der Waals surface area contributed by atoms with Crippen LogP contribution in [-0.2, 0) is 10.2 Å². The van der Waals surface area contributed by atoms with Gasteiger partial charge in [0.05, 0.1) is 19.3 Å². The van der Waals surface area contributed by atoms with Crippen LogP contribution in [0.1, 0.15) is 26.6 Å². The molecule has 96 valence electrons. The van der Waals surface area contributed by atoms with Crippen LogP contribution in [0.2, 0.25) is 0 Å². The number of hydrogen-bond donors (Lipinski definition) is 0. The minimum absolute atomic E-state index is 0.00248. The highest BCUT2D eigenvalue weighted by Gasteiger charge is 2.27. The fourth-order valence-corrected chi connectivity index (χ4v) is 2.88. The van der Waals surface area contributed by atoms with E-state index in [9.17, 15) is 0 Å². The molecule has 2 rings (SSSR count). The first-order valence-corrected chi connectivity index (χ1v) is 7.07. The van der Waals surface area contributed by atoms with Gasteiger partial charge in [0, 0.05) is 29.4 Å². The van der Waals surface area contributed by atoms with Gasteiger partial charge < -0.3 is 9.64 Å². The SMILES string of the molecule is CC(C)(C)c1nsc(N2CCOCC2CCl)n1. The Morgan fingerprint density at radius 1 is 1.53 bits per heavy atom. The third kappa shape index (κ3) is 2.89. The Morgan fingerprint density at radius 3 is 2.88 bits per heavy atom. The molecule has 1 saturated heterocycles. The molecule has 1 unspecified atom stereocenters. The molecule has 1 aliphatic heterocycles. The smallest absolute Gasteiger partial charge is 0.205 e. The van der Waals surface area contributed by atoms with E-state index in [1.54, 1.807) is 0 Å². The first-order chi connectivity index (χ1) is 8.02. The van der Waals surface area contributed by atoms with Crippen molar-refractivity contribution in [2.45, 2.75) is 32.2 Å². The lowest BCUT2D eigenvalue weighted by molar-refractivity contribution is 0.0997. The molecule has 0 aromatic carbocycles. The summed E-state index contributed by atoms with van der Waals surface area (Å²) < 4.78 is 9.87. The average molecular weight is 276 g/mol. The van der Waals surface area contributed by atoms with E-state index in [4.69, 9.17) is 16.3 Å². The van der Waals surface area contributed by atoms with Gasteiger partial charge in [-0.3, -0.25) is 0 Å². The third-order valence-corrected chi connectivity index (χ3v) is 3.85. The Balaban J connectivity index is 2.18. The first-order valence-electron chi connectivity index (χ1n) is 5.77. The largest absolute Gasteiger partial charge is 0.377 e. The normalized spacial score (nSPS) is 21.9. The lowest BCUT2D eigenvalue weighted by atomic mass is 9.96. The Hall–Kier alpha value is -0.390. The zero-order chi connectivity index (χ0) is 12.5. The van der Waals surface area contributed by atoms with Gasteiger partial charge in [-0.2, -0.15) is 4.37 Å². The summed E-state index contributed by atoms with van der Waals surface area (Å²) >= 11 is 7.41. The van der Waals surface area contributed by atoms with Crippen LogP contribution in [0, 0.1) is 0 Å². The maximum absolute atomic E-state index is 5.96. The maximum Gasteiger partial charge on any atom is 0.205 e. The van der Waals surface area contributed by atoms with E-state index in [2.05, 4.69) is 35.0 Å². The summed E-state index contributed by atoms with van der Waals surface area (Å²) in [5, 5.41) is 0.962. The number of anilines is 1. The number of nitrogens with zero attached hydrogens (tertiary/aromatic N) is 3. The van der Waals surface area contributed by atoms with Gasteiger partial charge in [-0.05, 0) is 0 Å². The van der Waals surface area contributed by atoms with Crippen molar-refractivity contribution in [3.8, 4) is 0 Å². The van der Waals surface area contributed by atoms with E-state index in [1.807, 2.05) is 0 Å². The van der Waals surface area contributed by atoms with Crippen molar-refractivity contribution < 1.29 is 4.74 Å². The van der Waals surface area contributed by atoms with E-state index in [-0.39, 0.29) is 11.5 Å². The molecule has 0 N–H and O–H groups in total. The number of morpholine rings is 1. The van der Waals surface area contributed by atoms with Crippen LogP contribution in [0.3, 0.4) is 0 Å². The molecule has 0 aliphatic carbocycles. The Kier molecular flexibility index (Phi) is 3.90. The summed E-state index contributed by atoms with van der Waals surface area (Å²) in [6, 6.07) is 0.214. The third-order valence-electron chi connectivity index (χ3n) is 2.74. The van der Waals surface area contributed by atoms with E-state index >= 15 is 0 Å². The van der Waals surface area contributed by atoms with Crippen molar-refractivity contribution in [3.63, 3.8) is 0 Å². The monoisotopic (exact) mass is 275 g/mol. The van der Waals surface area contributed by atoms with Gasteiger partial charge in [-0.25, -0.2) is 4.98 Å². The van der Waals surface area contributed by atoms with E-state index in [1.165, 1.54) is 11.5 Å². The van der Waals surface area contributed by atoms with Crippen LogP contribution in [-0.4, -0.2) is 41.0 Å². The Morgan fingerprint density at radius 2 is 2.29 bits per heavy atom. The molecular weight excluding hydrogens is 258 g/mol. The van der Waals surface area contributed by atoms with Crippen LogP contribution in [0.25, 0.3) is 0 Å². The van der Waals surface area contributed by atoms with Crippen LogP contribution < -0.4 is 4.90 Å². The van der Waals surface area contributed by atoms with Gasteiger partial charge in [0.1, 0.15) is 5.82 Å². The molecular formula is C11H18ClN3OS. The van der Waals surface area contributed by atoms with Crippen molar-refractivity contribution in [3.05, 3.63) is 5.82 Å². The number of rotatable bonds is 2. The number of alkyl halides is 1. The zero-order valence-corrected chi connectivity index (χ0v) is 12.0. The van der Waals surface area contributed by atoms with Crippen LogP contribution >= 0.6 is 23.1 Å². The number of ether oxygens (including phenoxy) is 1. The number of aromatic nitrogens is 2. The summed E-state index contributed by atoms with van der Waals surface area (Å²) in [6.45, 7) is 8.62. The second-order valence-electron chi connectivity index (χ2n) is 5.23. The predicted octanol–water partition coefficient (Wildman–Crippen LogP) is 2.28. The molecule has 17 heavy (non-hydrogen) atoms. The lowest BCUT2D eigenvalue weighted by Crippen LogP contribution is -2.46. The topological polar surface area (TPSA) is 38.2 Å². The van der Waals surface area contributed by atoms with Crippen LogP contribution in [0.15, 0.2) is 0 Å². The standard InChI is InChI=1S/C11H18ClN3OS/c1-11(2,3)9-13-10(17-14-9)15-4-5-16-7-8(15)6-12/h8H,4-7H2,1-3H3. The summed E-state index contributed by atoms with van der Waals surface area (Å²) in [5.74, 6) is 1.46. The summed E-state index contributed by atoms with van der Waals surface area (Å²) in [6.07, 6.45) is 0. The number of halogens is 1. The molecule has 0 amide bonds. The summed E-state index contributed by atoms with van der Waals surface area (Å²) in [5.41, 5.74) is -0.00248. The molecule has 1 atom stereocenters. The molecule has 0 bridgehead atoms. The van der Waals surface area contributed by atoms with Gasteiger partial charge in [0.15, 0.2) is 0 Å². The van der Waals surface area contributed by atoms with Crippen LogP contribution in [0.5, 0.6) is 0 Å². The van der Waals surface area contributed by atoms with Gasteiger partial charge in [-0.1, -0.05) is 20.8 Å². The van der Waals surface area contributed by atoms with Gasteiger partial charge in [-0.15, -0.1) is 11.6 Å². The molecule has 0 saturated carbocycles. The van der Waals surface area contributed by atoms with Crippen molar-refractivity contribution in [2.75, 3.05) is 30.5 Å². The maximum atomic E-state index is 5.96. The second-order valence-corrected chi connectivity index (χ2v) is 6.27. The Bertz CT molecular complexity index is 377. The summed E-state index contributed by atoms with van der Waals surface area (Å²) in [7, 11) is 0.